The summed E-state index contributed by atoms with van der Waals surface area (Å²) in [6.45, 7) is 1.12. The number of halogens is 2. The van der Waals surface area contributed by atoms with Crippen molar-refractivity contribution in [1.82, 2.24) is 10.8 Å². The number of rotatable bonds is 6. The number of carbonyl (C=O) groups is 2. The minimum atomic E-state index is -3.36. The summed E-state index contributed by atoms with van der Waals surface area (Å²) in [7, 11) is 0. The molecule has 0 aliphatic carbocycles. The largest absolute Gasteiger partial charge is 0.381 e. The summed E-state index contributed by atoms with van der Waals surface area (Å²) in [5.74, 6) is 8.78. The SMILES string of the molecule is CC(O)(C(F)F)C(NC(=O)c1ccc(C#CC#Cc2ccc(CN)cc2)cc1)C(=O)NO. The first-order valence-corrected chi connectivity index (χ1v) is 9.35. The summed E-state index contributed by atoms with van der Waals surface area (Å²) in [5, 5.41) is 20.6. The molecule has 2 rings (SSSR count). The highest BCUT2D eigenvalue weighted by Crippen LogP contribution is 2.20. The second kappa shape index (κ2) is 11.0. The van der Waals surface area contributed by atoms with Gasteiger partial charge in [-0.15, -0.1) is 0 Å². The molecule has 2 unspecified atom stereocenters. The first-order valence-electron chi connectivity index (χ1n) is 9.35. The minimum absolute atomic E-state index is 0.0300. The fourth-order valence-corrected chi connectivity index (χ4v) is 2.52. The molecule has 9 heteroatoms. The van der Waals surface area contributed by atoms with Gasteiger partial charge in [-0.25, -0.2) is 14.3 Å². The van der Waals surface area contributed by atoms with Gasteiger partial charge in [0.05, 0.1) is 0 Å². The van der Waals surface area contributed by atoms with E-state index < -0.39 is 29.9 Å². The minimum Gasteiger partial charge on any atom is -0.381 e. The van der Waals surface area contributed by atoms with E-state index in [0.29, 0.717) is 19.0 Å². The van der Waals surface area contributed by atoms with Gasteiger partial charge in [-0.3, -0.25) is 14.8 Å². The summed E-state index contributed by atoms with van der Waals surface area (Å²) < 4.78 is 26.1. The lowest BCUT2D eigenvalue weighted by Crippen LogP contribution is -2.61. The summed E-state index contributed by atoms with van der Waals surface area (Å²) in [6, 6.07) is 11.1. The highest BCUT2D eigenvalue weighted by atomic mass is 19.3. The number of amides is 2. The molecular formula is C23H21F2N3O4. The molecular weight excluding hydrogens is 420 g/mol. The van der Waals surface area contributed by atoms with Crippen LogP contribution in [0, 0.1) is 23.7 Å². The molecule has 0 bridgehead atoms. The van der Waals surface area contributed by atoms with E-state index in [0.717, 1.165) is 16.6 Å². The second-order valence-corrected chi connectivity index (χ2v) is 6.89. The number of benzene rings is 2. The Bertz CT molecular complexity index is 1080. The molecule has 32 heavy (non-hydrogen) atoms. The number of aliphatic hydroxyl groups is 1. The molecule has 0 fully saturated rings. The number of hydroxylamine groups is 1. The average molecular weight is 441 g/mol. The van der Waals surface area contributed by atoms with Crippen molar-refractivity contribution in [3.05, 3.63) is 70.8 Å². The van der Waals surface area contributed by atoms with Crippen LogP contribution in [0.15, 0.2) is 48.5 Å². The lowest BCUT2D eigenvalue weighted by molar-refractivity contribution is -0.149. The van der Waals surface area contributed by atoms with Gasteiger partial charge in [-0.2, -0.15) is 0 Å². The number of hydrogen-bond acceptors (Lipinski definition) is 5. The second-order valence-electron chi connectivity index (χ2n) is 6.89. The molecule has 0 aromatic heterocycles. The number of nitrogens with two attached hydrogens (primary N) is 1. The van der Waals surface area contributed by atoms with Gasteiger partial charge in [0.15, 0.2) is 5.60 Å². The van der Waals surface area contributed by atoms with Crippen LogP contribution in [0.1, 0.15) is 34.0 Å². The molecule has 6 N–H and O–H groups in total. The normalized spacial score (nSPS) is 13.0. The van der Waals surface area contributed by atoms with Crippen LogP contribution in [-0.2, 0) is 11.3 Å². The number of hydrogen-bond donors (Lipinski definition) is 5. The Hall–Kier alpha value is -3.76. The van der Waals surface area contributed by atoms with E-state index in [1.807, 2.05) is 29.6 Å². The summed E-state index contributed by atoms with van der Waals surface area (Å²) >= 11 is 0. The summed E-state index contributed by atoms with van der Waals surface area (Å²) in [4.78, 5) is 24.0. The van der Waals surface area contributed by atoms with Gasteiger partial charge in [-0.05, 0) is 60.7 Å². The Balaban J connectivity index is 2.08. The number of alkyl halides is 2. The maximum atomic E-state index is 13.1. The van der Waals surface area contributed by atoms with Crippen molar-refractivity contribution in [1.29, 1.82) is 0 Å². The van der Waals surface area contributed by atoms with Crippen LogP contribution in [-0.4, -0.2) is 40.2 Å². The fraction of sp³-hybridized carbons (Fsp3) is 0.217. The maximum absolute atomic E-state index is 13.1. The van der Waals surface area contributed by atoms with E-state index in [1.54, 1.807) is 0 Å². The van der Waals surface area contributed by atoms with E-state index >= 15 is 0 Å². The van der Waals surface area contributed by atoms with Crippen molar-refractivity contribution in [3.8, 4) is 23.7 Å². The van der Waals surface area contributed by atoms with Gasteiger partial charge >= 0.3 is 0 Å². The smallest absolute Gasteiger partial charge is 0.269 e. The molecule has 2 atom stereocenters. The molecule has 166 valence electrons. The van der Waals surface area contributed by atoms with Crippen LogP contribution in [0.5, 0.6) is 0 Å². The molecule has 2 aromatic rings. The third-order valence-corrected chi connectivity index (χ3v) is 4.49. The third-order valence-electron chi connectivity index (χ3n) is 4.49. The quantitative estimate of drug-likeness (QED) is 0.262. The first-order chi connectivity index (χ1) is 15.2. The molecule has 0 saturated heterocycles. The summed E-state index contributed by atoms with van der Waals surface area (Å²) in [6.07, 6.45) is -3.36. The molecule has 0 radical (unpaired) electrons. The topological polar surface area (TPSA) is 125 Å². The molecule has 2 aromatic carbocycles. The van der Waals surface area contributed by atoms with Gasteiger partial charge in [0, 0.05) is 23.2 Å². The molecule has 0 aliphatic heterocycles. The van der Waals surface area contributed by atoms with Crippen molar-refractivity contribution in [2.45, 2.75) is 31.5 Å². The molecule has 2 amide bonds. The van der Waals surface area contributed by atoms with E-state index in [1.165, 1.54) is 24.3 Å². The lowest BCUT2D eigenvalue weighted by atomic mass is 9.95. The van der Waals surface area contributed by atoms with Crippen LogP contribution in [0.25, 0.3) is 0 Å². The van der Waals surface area contributed by atoms with E-state index in [9.17, 15) is 23.5 Å². The first kappa shape index (κ1) is 24.5. The molecule has 0 saturated carbocycles. The van der Waals surface area contributed by atoms with Crippen LogP contribution in [0.3, 0.4) is 0 Å². The predicted molar refractivity (Wildman–Crippen MR) is 112 cm³/mol. The van der Waals surface area contributed by atoms with Crippen molar-refractivity contribution >= 4 is 11.8 Å². The predicted octanol–water partition coefficient (Wildman–Crippen LogP) is 1.17. The van der Waals surface area contributed by atoms with Crippen molar-refractivity contribution in [2.24, 2.45) is 5.73 Å². The number of carbonyl (C=O) groups excluding carboxylic acids is 2. The van der Waals surface area contributed by atoms with Crippen molar-refractivity contribution < 1.29 is 28.7 Å². The van der Waals surface area contributed by atoms with Gasteiger partial charge in [0.25, 0.3) is 18.2 Å². The molecule has 0 heterocycles. The number of nitrogens with one attached hydrogen (secondary N) is 2. The van der Waals surface area contributed by atoms with Gasteiger partial charge in [-0.1, -0.05) is 24.0 Å². The van der Waals surface area contributed by atoms with Crippen LogP contribution in [0.2, 0.25) is 0 Å². The zero-order valence-electron chi connectivity index (χ0n) is 17.0. The van der Waals surface area contributed by atoms with E-state index in [-0.39, 0.29) is 5.56 Å². The average Bonchev–Trinajstić information content (AvgIpc) is 2.80. The molecule has 7 nitrogen and oxygen atoms in total. The maximum Gasteiger partial charge on any atom is 0.269 e. The van der Waals surface area contributed by atoms with Gasteiger partial charge in [0.1, 0.15) is 6.04 Å². The van der Waals surface area contributed by atoms with E-state index in [2.05, 4.69) is 23.7 Å². The highest BCUT2D eigenvalue weighted by Gasteiger charge is 2.46. The molecule has 0 spiro atoms. The standard InChI is InChI=1S/C23H21F2N3O4/c1-23(31,22(24)25)19(21(30)28-32)27-20(29)18-12-10-16(11-13-18)5-3-2-4-15-6-8-17(14-26)9-7-15/h6-13,19,22,31-32H,14,26H2,1H3,(H,27,29)(H,28,30). The Kier molecular flexibility index (Phi) is 8.45. The lowest BCUT2D eigenvalue weighted by Gasteiger charge is -2.30. The van der Waals surface area contributed by atoms with Crippen LogP contribution in [0.4, 0.5) is 8.78 Å². The zero-order valence-corrected chi connectivity index (χ0v) is 17.0. The monoisotopic (exact) mass is 441 g/mol. The fourth-order valence-electron chi connectivity index (χ4n) is 2.52. The molecule has 0 aliphatic rings. The van der Waals surface area contributed by atoms with Gasteiger partial charge in [0.2, 0.25) is 0 Å². The Morgan fingerprint density at radius 1 is 1.03 bits per heavy atom. The Morgan fingerprint density at radius 2 is 1.53 bits per heavy atom. The third kappa shape index (κ3) is 6.37. The van der Waals surface area contributed by atoms with Gasteiger partial charge < -0.3 is 16.2 Å². The Labute approximate surface area is 183 Å². The van der Waals surface area contributed by atoms with Crippen molar-refractivity contribution in [3.63, 3.8) is 0 Å². The van der Waals surface area contributed by atoms with Crippen molar-refractivity contribution in [2.75, 3.05) is 0 Å². The van der Waals surface area contributed by atoms with E-state index in [4.69, 9.17) is 10.9 Å². The summed E-state index contributed by atoms with van der Waals surface area (Å²) in [5.41, 5.74) is 6.13. The van der Waals surface area contributed by atoms with Crippen LogP contribution >= 0.6 is 0 Å². The highest BCUT2D eigenvalue weighted by molar-refractivity contribution is 5.97. The Morgan fingerprint density at radius 3 is 1.97 bits per heavy atom. The zero-order chi connectivity index (χ0) is 23.7. The van der Waals surface area contributed by atoms with Crippen LogP contribution < -0.4 is 16.5 Å².